The van der Waals surface area contributed by atoms with Crippen LogP contribution in [-0.4, -0.2) is 55.7 Å². The molecule has 3 N–H and O–H groups in total. The first kappa shape index (κ1) is 28.0. The lowest BCUT2D eigenvalue weighted by atomic mass is 9.96. The number of rotatable bonds is 9. The van der Waals surface area contributed by atoms with Crippen molar-refractivity contribution in [3.8, 4) is 11.1 Å². The van der Waals surface area contributed by atoms with E-state index in [0.717, 1.165) is 23.8 Å². The highest BCUT2D eigenvalue weighted by Crippen LogP contribution is 2.34. The van der Waals surface area contributed by atoms with Gasteiger partial charge in [-0.25, -0.2) is 9.37 Å². The first-order chi connectivity index (χ1) is 19.7. The smallest absolute Gasteiger partial charge is 0.273 e. The van der Waals surface area contributed by atoms with Gasteiger partial charge in [-0.15, -0.1) is 0 Å². The molecule has 41 heavy (non-hydrogen) atoms. The molecular weight excluding hydrogens is 525 g/mol. The summed E-state index contributed by atoms with van der Waals surface area (Å²) in [5.41, 5.74) is 2.47. The number of piperidine rings is 1. The molecule has 0 spiro atoms. The van der Waals surface area contributed by atoms with Crippen molar-refractivity contribution < 1.29 is 18.5 Å². The van der Waals surface area contributed by atoms with Crippen LogP contribution in [0, 0.1) is 11.7 Å². The van der Waals surface area contributed by atoms with Crippen molar-refractivity contribution >= 4 is 28.7 Å². The molecule has 10 nitrogen and oxygen atoms in total. The van der Waals surface area contributed by atoms with Crippen LogP contribution >= 0.6 is 0 Å². The fraction of sp³-hybridized carbons (Fsp3) is 0.367. The van der Waals surface area contributed by atoms with Crippen molar-refractivity contribution in [1.82, 2.24) is 30.6 Å². The number of aromatic nitrogens is 4. The molecule has 4 heterocycles. The summed E-state index contributed by atoms with van der Waals surface area (Å²) in [6, 6.07) is 8.24. The van der Waals surface area contributed by atoms with Crippen LogP contribution in [0.5, 0.6) is 0 Å². The number of likely N-dealkylation sites (tertiary alicyclic amines) is 1. The Kier molecular flexibility index (Phi) is 8.14. The van der Waals surface area contributed by atoms with Crippen LogP contribution in [0.4, 0.5) is 10.2 Å². The van der Waals surface area contributed by atoms with Gasteiger partial charge in [0.1, 0.15) is 11.6 Å². The highest BCUT2D eigenvalue weighted by molar-refractivity contribution is 6.00. The van der Waals surface area contributed by atoms with E-state index in [1.165, 1.54) is 12.1 Å². The van der Waals surface area contributed by atoms with Crippen LogP contribution < -0.4 is 10.6 Å². The largest absolute Gasteiger partial charge is 0.363 e. The van der Waals surface area contributed by atoms with Gasteiger partial charge in [0.2, 0.25) is 5.91 Å². The van der Waals surface area contributed by atoms with E-state index < -0.39 is 11.7 Å². The zero-order chi connectivity index (χ0) is 29.1. The molecule has 1 fully saturated rings. The normalized spacial score (nSPS) is 17.1. The number of anilines is 1. The number of benzene rings is 1. The van der Waals surface area contributed by atoms with Gasteiger partial charge in [-0.1, -0.05) is 37.7 Å². The molecule has 4 aromatic rings. The molecule has 1 saturated heterocycles. The van der Waals surface area contributed by atoms with E-state index >= 15 is 4.39 Å². The number of hydrogen-bond acceptors (Lipinski definition) is 7. The Bertz CT molecular complexity index is 1580. The summed E-state index contributed by atoms with van der Waals surface area (Å²) in [6.07, 6.45) is 5.39. The van der Waals surface area contributed by atoms with E-state index in [0.29, 0.717) is 47.2 Å². The van der Waals surface area contributed by atoms with Crippen LogP contribution in [-0.2, 0) is 17.8 Å². The lowest BCUT2D eigenvalue weighted by molar-refractivity contribution is -0.129. The Morgan fingerprint density at radius 3 is 2.88 bits per heavy atom. The van der Waals surface area contributed by atoms with Gasteiger partial charge in [0.25, 0.3) is 5.91 Å². The number of carbonyl (C=O) groups excluding carboxylic acids is 2. The van der Waals surface area contributed by atoms with Gasteiger partial charge in [0.15, 0.2) is 17.2 Å². The standard InChI is InChI=1S/C30H34FN7O3/c1-5-26(39)38-12-6-7-24(18(38)4)34-29-27-22(10-11-32-28(27)35-36-29)19-8-9-20(23(31)14-19)16-33-30(40)25-15-21(41-37-25)13-17(2)3/h5,8-11,14-15,17-18,24H,1,6-7,12-13,16H2,2-4H3,(H,33,40)(H2,32,34,35,36)/t18-,24-/m1/s1. The first-order valence-corrected chi connectivity index (χ1v) is 13.8. The van der Waals surface area contributed by atoms with Gasteiger partial charge in [0.05, 0.1) is 5.39 Å². The van der Waals surface area contributed by atoms with Gasteiger partial charge in [-0.2, -0.15) is 5.10 Å². The van der Waals surface area contributed by atoms with Gasteiger partial charge in [0, 0.05) is 49.4 Å². The molecule has 3 aromatic heterocycles. The number of halogens is 1. The van der Waals surface area contributed by atoms with E-state index in [2.05, 4.69) is 37.6 Å². The second-order valence-corrected chi connectivity index (χ2v) is 10.8. The Hall–Kier alpha value is -4.54. The predicted molar refractivity (Wildman–Crippen MR) is 154 cm³/mol. The maximum absolute atomic E-state index is 15.3. The van der Waals surface area contributed by atoms with Gasteiger partial charge in [-0.3, -0.25) is 14.7 Å². The maximum atomic E-state index is 15.3. The van der Waals surface area contributed by atoms with E-state index in [4.69, 9.17) is 4.52 Å². The van der Waals surface area contributed by atoms with Gasteiger partial charge >= 0.3 is 0 Å². The Labute approximate surface area is 237 Å². The third-order valence-electron chi connectivity index (χ3n) is 7.43. The molecule has 0 aliphatic carbocycles. The molecule has 0 unspecified atom stereocenters. The topological polar surface area (TPSA) is 129 Å². The molecule has 1 aromatic carbocycles. The van der Waals surface area contributed by atoms with Crippen LogP contribution in [0.3, 0.4) is 0 Å². The van der Waals surface area contributed by atoms with Crippen LogP contribution in [0.15, 0.2) is 53.7 Å². The molecule has 1 aliphatic heterocycles. The van der Waals surface area contributed by atoms with E-state index in [-0.39, 0.29) is 30.2 Å². The zero-order valence-electron chi connectivity index (χ0n) is 23.4. The van der Waals surface area contributed by atoms with Crippen LogP contribution in [0.1, 0.15) is 55.4 Å². The van der Waals surface area contributed by atoms with E-state index in [9.17, 15) is 9.59 Å². The summed E-state index contributed by atoms with van der Waals surface area (Å²) >= 11 is 0. The number of H-pyrrole nitrogens is 1. The van der Waals surface area contributed by atoms with Gasteiger partial charge < -0.3 is 20.1 Å². The summed E-state index contributed by atoms with van der Waals surface area (Å²) in [5.74, 6) is 0.624. The zero-order valence-corrected chi connectivity index (χ0v) is 23.4. The number of fused-ring (bicyclic) bond motifs is 1. The second kappa shape index (κ2) is 11.9. The molecule has 5 rings (SSSR count). The second-order valence-electron chi connectivity index (χ2n) is 10.8. The van der Waals surface area contributed by atoms with Crippen molar-refractivity contribution in [2.75, 3.05) is 11.9 Å². The highest BCUT2D eigenvalue weighted by atomic mass is 19.1. The number of amides is 2. The molecule has 2 atom stereocenters. The van der Waals surface area contributed by atoms with Crippen molar-refractivity contribution in [2.45, 2.75) is 58.7 Å². The van der Waals surface area contributed by atoms with Crippen molar-refractivity contribution in [2.24, 2.45) is 5.92 Å². The van der Waals surface area contributed by atoms with E-state index in [1.54, 1.807) is 24.4 Å². The third-order valence-corrected chi connectivity index (χ3v) is 7.43. The van der Waals surface area contributed by atoms with Gasteiger partial charge in [-0.05, 0) is 55.0 Å². The molecule has 0 saturated carbocycles. The average Bonchev–Trinajstić information content (AvgIpc) is 3.59. The third kappa shape index (κ3) is 5.98. The number of nitrogens with zero attached hydrogens (tertiary/aromatic N) is 4. The van der Waals surface area contributed by atoms with E-state index in [1.807, 2.05) is 31.7 Å². The number of carbonyl (C=O) groups is 2. The lowest BCUT2D eigenvalue weighted by Crippen LogP contribution is -2.51. The maximum Gasteiger partial charge on any atom is 0.273 e. The summed E-state index contributed by atoms with van der Waals surface area (Å²) in [4.78, 5) is 31.0. The Morgan fingerprint density at radius 1 is 1.29 bits per heavy atom. The van der Waals surface area contributed by atoms with Crippen molar-refractivity contribution in [3.05, 3.63) is 72.0 Å². The Balaban J connectivity index is 1.33. The molecule has 11 heteroatoms. The number of nitrogens with one attached hydrogen (secondary N) is 3. The molecule has 2 amide bonds. The fourth-order valence-corrected chi connectivity index (χ4v) is 5.28. The summed E-state index contributed by atoms with van der Waals surface area (Å²) in [7, 11) is 0. The highest BCUT2D eigenvalue weighted by Gasteiger charge is 2.31. The average molecular weight is 560 g/mol. The summed E-state index contributed by atoms with van der Waals surface area (Å²) < 4.78 is 20.5. The summed E-state index contributed by atoms with van der Waals surface area (Å²) in [6.45, 7) is 10.4. The minimum atomic E-state index is -0.453. The summed E-state index contributed by atoms with van der Waals surface area (Å²) in [5, 5.41) is 18.2. The number of pyridine rings is 1. The number of aromatic amines is 1. The SMILES string of the molecule is C=CC(=O)N1CCC[C@@H](Nc2n[nH]c3nccc(-c4ccc(CNC(=O)c5cc(CC(C)C)on5)c(F)c4)c23)[C@H]1C. The minimum absolute atomic E-state index is 0.00108. The Morgan fingerprint density at radius 2 is 2.12 bits per heavy atom. The molecule has 214 valence electrons. The van der Waals surface area contributed by atoms with Crippen LogP contribution in [0.2, 0.25) is 0 Å². The minimum Gasteiger partial charge on any atom is -0.363 e. The fourth-order valence-electron chi connectivity index (χ4n) is 5.28. The van der Waals surface area contributed by atoms with Crippen molar-refractivity contribution in [3.63, 3.8) is 0 Å². The molecule has 1 aliphatic rings. The molecule has 0 radical (unpaired) electrons. The molecule has 0 bridgehead atoms. The quantitative estimate of drug-likeness (QED) is 0.250. The lowest BCUT2D eigenvalue weighted by Gasteiger charge is -2.39. The predicted octanol–water partition coefficient (Wildman–Crippen LogP) is 4.86. The monoisotopic (exact) mass is 559 g/mol. The van der Waals surface area contributed by atoms with Crippen molar-refractivity contribution in [1.29, 1.82) is 0 Å². The first-order valence-electron chi connectivity index (χ1n) is 13.8. The molecular formula is C30H34FN7O3. The van der Waals surface area contributed by atoms with Crippen LogP contribution in [0.25, 0.3) is 22.2 Å². The number of hydrogen-bond donors (Lipinski definition) is 3.